The molecule has 0 saturated carbocycles. The highest BCUT2D eigenvalue weighted by molar-refractivity contribution is 9.10. The first-order valence-corrected chi connectivity index (χ1v) is 9.29. The normalized spacial score (nSPS) is 11.1. The second-order valence-corrected chi connectivity index (χ2v) is 7.14. The van der Waals surface area contributed by atoms with Crippen molar-refractivity contribution in [1.82, 2.24) is 24.9 Å². The van der Waals surface area contributed by atoms with E-state index in [1.807, 2.05) is 48.5 Å². The molecular weight excluding hydrogens is 398 g/mol. The Morgan fingerprint density at radius 2 is 2.08 bits per heavy atom. The van der Waals surface area contributed by atoms with E-state index < -0.39 is 0 Å². The maximum absolute atomic E-state index is 12.2. The number of amides is 1. The Balaban J connectivity index is 1.47. The van der Waals surface area contributed by atoms with Gasteiger partial charge in [0.15, 0.2) is 5.76 Å². The van der Waals surface area contributed by atoms with Gasteiger partial charge in [0.25, 0.3) is 5.91 Å². The molecule has 0 atom stereocenters. The van der Waals surface area contributed by atoms with Gasteiger partial charge in [-0.3, -0.25) is 14.2 Å². The molecule has 1 N–H and O–H groups in total. The first kappa shape index (κ1) is 18.4. The Kier molecular flexibility index (Phi) is 5.61. The molecule has 0 aromatic carbocycles. The number of furan rings is 1. The average Bonchev–Trinajstić information content (AvgIpc) is 3.26. The van der Waals surface area contributed by atoms with Crippen molar-refractivity contribution in [3.63, 3.8) is 0 Å². The molecule has 0 aliphatic heterocycles. The van der Waals surface area contributed by atoms with Crippen molar-refractivity contribution in [3.8, 4) is 0 Å². The third-order valence-electron chi connectivity index (χ3n) is 4.03. The van der Waals surface area contributed by atoms with Gasteiger partial charge in [-0.1, -0.05) is 0 Å². The van der Waals surface area contributed by atoms with Crippen LogP contribution in [-0.2, 0) is 13.1 Å². The Labute approximate surface area is 160 Å². The van der Waals surface area contributed by atoms with Crippen molar-refractivity contribution in [2.45, 2.75) is 40.3 Å². The van der Waals surface area contributed by atoms with E-state index in [-0.39, 0.29) is 5.91 Å². The Morgan fingerprint density at radius 1 is 1.27 bits per heavy atom. The molecule has 0 aliphatic rings. The molecule has 138 valence electrons. The second-order valence-electron chi connectivity index (χ2n) is 6.29. The summed E-state index contributed by atoms with van der Waals surface area (Å²) in [6.45, 7) is 7.71. The lowest BCUT2D eigenvalue weighted by molar-refractivity contribution is 0.0923. The number of hydrogen-bond donors (Lipinski definition) is 1. The summed E-state index contributed by atoms with van der Waals surface area (Å²) >= 11 is 3.44. The maximum Gasteiger partial charge on any atom is 0.286 e. The molecule has 3 aromatic heterocycles. The van der Waals surface area contributed by atoms with Crippen LogP contribution in [0.5, 0.6) is 0 Å². The fourth-order valence-electron chi connectivity index (χ4n) is 2.71. The van der Waals surface area contributed by atoms with Crippen LogP contribution in [0.3, 0.4) is 0 Å². The fraction of sp³-hybridized carbons (Fsp3) is 0.389. The predicted molar refractivity (Wildman–Crippen MR) is 101 cm³/mol. The lowest BCUT2D eigenvalue weighted by atomic mass is 10.3. The Morgan fingerprint density at radius 3 is 2.73 bits per heavy atom. The van der Waals surface area contributed by atoms with Crippen LogP contribution >= 0.6 is 15.9 Å². The van der Waals surface area contributed by atoms with E-state index in [1.54, 1.807) is 6.07 Å². The quantitative estimate of drug-likeness (QED) is 0.596. The van der Waals surface area contributed by atoms with Gasteiger partial charge in [-0.15, -0.1) is 0 Å². The largest absolute Gasteiger partial charge is 0.454 e. The summed E-state index contributed by atoms with van der Waals surface area (Å²) in [5, 5.41) is 11.6. The highest BCUT2D eigenvalue weighted by Crippen LogP contribution is 2.13. The van der Waals surface area contributed by atoms with E-state index in [4.69, 9.17) is 4.42 Å². The summed E-state index contributed by atoms with van der Waals surface area (Å²) in [4.78, 5) is 12.2. The third kappa shape index (κ3) is 4.43. The topological polar surface area (TPSA) is 77.9 Å². The summed E-state index contributed by atoms with van der Waals surface area (Å²) in [5.74, 6) is 0.819. The van der Waals surface area contributed by atoms with E-state index in [0.717, 1.165) is 34.5 Å². The first-order valence-electron chi connectivity index (χ1n) is 8.50. The van der Waals surface area contributed by atoms with E-state index in [2.05, 4.69) is 31.4 Å². The molecule has 8 heteroatoms. The lowest BCUT2D eigenvalue weighted by Crippen LogP contribution is -2.24. The first-order chi connectivity index (χ1) is 12.4. The molecule has 0 aliphatic carbocycles. The molecule has 0 unspecified atom stereocenters. The molecule has 3 heterocycles. The van der Waals surface area contributed by atoms with Crippen molar-refractivity contribution in [3.05, 3.63) is 57.5 Å². The fourth-order valence-corrected chi connectivity index (χ4v) is 3.02. The van der Waals surface area contributed by atoms with Crippen LogP contribution in [-0.4, -0.2) is 32.0 Å². The summed E-state index contributed by atoms with van der Waals surface area (Å²) in [5.41, 5.74) is 2.98. The minimum Gasteiger partial charge on any atom is -0.454 e. The van der Waals surface area contributed by atoms with E-state index in [0.29, 0.717) is 24.6 Å². The molecule has 1 amide bonds. The molecule has 0 saturated heterocycles. The van der Waals surface area contributed by atoms with Gasteiger partial charge in [0.05, 0.1) is 22.4 Å². The summed E-state index contributed by atoms with van der Waals surface area (Å²) in [7, 11) is 0. The van der Waals surface area contributed by atoms with Gasteiger partial charge in [-0.05, 0) is 61.3 Å². The zero-order valence-electron chi connectivity index (χ0n) is 15.1. The number of nitrogens with one attached hydrogen (secondary N) is 1. The summed E-state index contributed by atoms with van der Waals surface area (Å²) < 4.78 is 10.4. The van der Waals surface area contributed by atoms with Crippen molar-refractivity contribution in [1.29, 1.82) is 0 Å². The third-order valence-corrected chi connectivity index (χ3v) is 4.81. The van der Waals surface area contributed by atoms with Crippen LogP contribution in [0.25, 0.3) is 0 Å². The second kappa shape index (κ2) is 7.90. The van der Waals surface area contributed by atoms with Crippen molar-refractivity contribution < 1.29 is 9.21 Å². The number of aromatic nitrogens is 4. The molecule has 0 radical (unpaired) electrons. The van der Waals surface area contributed by atoms with E-state index >= 15 is 0 Å². The minimum absolute atomic E-state index is 0.206. The monoisotopic (exact) mass is 419 g/mol. The van der Waals surface area contributed by atoms with Crippen LogP contribution in [0.4, 0.5) is 0 Å². The van der Waals surface area contributed by atoms with Gasteiger partial charge in [0.2, 0.25) is 0 Å². The van der Waals surface area contributed by atoms with Crippen LogP contribution in [0, 0.1) is 20.8 Å². The van der Waals surface area contributed by atoms with Crippen LogP contribution in [0.15, 0.2) is 33.3 Å². The van der Waals surface area contributed by atoms with Gasteiger partial charge in [-0.25, -0.2) is 0 Å². The SMILES string of the molecule is Cc1cc(C)n(Cc2ccc(C(=O)NCCCn3cc(Br)c(C)n3)o2)n1. The van der Waals surface area contributed by atoms with Gasteiger partial charge >= 0.3 is 0 Å². The number of aryl methyl sites for hydroxylation is 4. The molecular formula is C18H22BrN5O2. The van der Waals surface area contributed by atoms with Crippen LogP contribution in [0.2, 0.25) is 0 Å². The van der Waals surface area contributed by atoms with Gasteiger partial charge in [0.1, 0.15) is 5.76 Å². The smallest absolute Gasteiger partial charge is 0.286 e. The van der Waals surface area contributed by atoms with Crippen LogP contribution < -0.4 is 5.32 Å². The van der Waals surface area contributed by atoms with Crippen LogP contribution in [0.1, 0.15) is 39.8 Å². The predicted octanol–water partition coefficient (Wildman–Crippen LogP) is 3.23. The molecule has 3 rings (SSSR count). The average molecular weight is 420 g/mol. The number of rotatable bonds is 7. The zero-order valence-corrected chi connectivity index (χ0v) is 16.7. The van der Waals surface area contributed by atoms with Gasteiger partial charge < -0.3 is 9.73 Å². The lowest BCUT2D eigenvalue weighted by Gasteiger charge is -2.04. The minimum atomic E-state index is -0.206. The van der Waals surface area contributed by atoms with E-state index in [1.165, 1.54) is 0 Å². The van der Waals surface area contributed by atoms with Gasteiger partial charge in [0, 0.05) is 25.0 Å². The highest BCUT2D eigenvalue weighted by Gasteiger charge is 2.12. The molecule has 0 fully saturated rings. The molecule has 0 bridgehead atoms. The number of carbonyl (C=O) groups is 1. The number of halogens is 1. The van der Waals surface area contributed by atoms with Crippen molar-refractivity contribution in [2.75, 3.05) is 6.54 Å². The number of nitrogens with zero attached hydrogens (tertiary/aromatic N) is 4. The molecule has 7 nitrogen and oxygen atoms in total. The van der Waals surface area contributed by atoms with Crippen molar-refractivity contribution >= 4 is 21.8 Å². The Bertz CT molecular complexity index is 889. The van der Waals surface area contributed by atoms with E-state index in [9.17, 15) is 4.79 Å². The summed E-state index contributed by atoms with van der Waals surface area (Å²) in [6, 6.07) is 5.52. The molecule has 3 aromatic rings. The number of hydrogen-bond acceptors (Lipinski definition) is 4. The standard InChI is InChI=1S/C18H22BrN5O2/c1-12-9-13(2)24(21-12)10-15-5-6-17(26-15)18(25)20-7-4-8-23-11-16(19)14(3)22-23/h5-6,9,11H,4,7-8,10H2,1-3H3,(H,20,25). The molecule has 26 heavy (non-hydrogen) atoms. The highest BCUT2D eigenvalue weighted by atomic mass is 79.9. The Hall–Kier alpha value is -2.35. The van der Waals surface area contributed by atoms with Crippen molar-refractivity contribution in [2.24, 2.45) is 0 Å². The molecule has 0 spiro atoms. The number of carbonyl (C=O) groups excluding carboxylic acids is 1. The van der Waals surface area contributed by atoms with Gasteiger partial charge in [-0.2, -0.15) is 10.2 Å². The summed E-state index contributed by atoms with van der Waals surface area (Å²) in [6.07, 6.45) is 2.73. The zero-order chi connectivity index (χ0) is 18.7. The maximum atomic E-state index is 12.2.